The third-order valence-electron chi connectivity index (χ3n) is 1.91. The molecule has 0 saturated carbocycles. The molecule has 0 heterocycles. The zero-order valence-electron chi connectivity index (χ0n) is 9.69. The van der Waals surface area contributed by atoms with Gasteiger partial charge in [0.2, 0.25) is 0 Å². The lowest BCUT2D eigenvalue weighted by atomic mass is 10.0. The zero-order valence-corrected chi connectivity index (χ0v) is 9.69. The van der Waals surface area contributed by atoms with Crippen LogP contribution in [0.25, 0.3) is 0 Å². The molecule has 1 rings (SSSR count). The highest BCUT2D eigenvalue weighted by Gasteiger charge is 2.20. The lowest BCUT2D eigenvalue weighted by molar-refractivity contribution is -0.139. The molecule has 0 amide bonds. The number of ether oxygens (including phenoxy) is 1. The fourth-order valence-corrected chi connectivity index (χ4v) is 1.29. The minimum absolute atomic E-state index is 0.0810. The summed E-state index contributed by atoms with van der Waals surface area (Å²) in [6.45, 7) is 1.97. The number of nitrogens with zero attached hydrogens (tertiary/aromatic N) is 1. The van der Waals surface area contributed by atoms with Crippen LogP contribution < -0.4 is 0 Å². The van der Waals surface area contributed by atoms with Gasteiger partial charge in [0, 0.05) is 20.3 Å². The van der Waals surface area contributed by atoms with Crippen LogP contribution in [0.3, 0.4) is 0 Å². The van der Waals surface area contributed by atoms with Crippen molar-refractivity contribution < 1.29 is 14.3 Å². The maximum absolute atomic E-state index is 11.5. The number of carbonyl (C=O) groups is 2. The minimum Gasteiger partial charge on any atom is -0.462 e. The zero-order chi connectivity index (χ0) is 12.1. The van der Waals surface area contributed by atoms with Gasteiger partial charge in [0.25, 0.3) is 0 Å². The van der Waals surface area contributed by atoms with Crippen molar-refractivity contribution in [1.29, 1.82) is 0 Å². The van der Waals surface area contributed by atoms with Crippen LogP contribution in [0.4, 0.5) is 0 Å². The number of rotatable bonds is 3. The molecule has 0 atom stereocenters. The van der Waals surface area contributed by atoms with E-state index in [-0.39, 0.29) is 18.0 Å². The van der Waals surface area contributed by atoms with Crippen LogP contribution >= 0.6 is 0 Å². The Balaban J connectivity index is 2.94. The van der Waals surface area contributed by atoms with Crippen LogP contribution in [0.1, 0.15) is 6.92 Å². The number of hydrogen-bond acceptors (Lipinski definition) is 4. The van der Waals surface area contributed by atoms with E-state index in [0.29, 0.717) is 0 Å². The fourth-order valence-electron chi connectivity index (χ4n) is 1.29. The smallest absolute Gasteiger partial charge is 0.342 e. The van der Waals surface area contributed by atoms with Gasteiger partial charge in [0.05, 0.1) is 6.61 Å². The van der Waals surface area contributed by atoms with Crippen molar-refractivity contribution >= 4 is 11.8 Å². The lowest BCUT2D eigenvalue weighted by Gasteiger charge is -2.11. The number of ketones is 1. The van der Waals surface area contributed by atoms with Gasteiger partial charge in [-0.25, -0.2) is 4.79 Å². The summed E-state index contributed by atoms with van der Waals surface area (Å²) in [6, 6.07) is 0. The van der Waals surface area contributed by atoms with Crippen LogP contribution in [0.2, 0.25) is 0 Å². The first kappa shape index (κ1) is 12.2. The summed E-state index contributed by atoms with van der Waals surface area (Å²) < 4.78 is 4.80. The van der Waals surface area contributed by atoms with Crippen molar-refractivity contribution in [3.63, 3.8) is 0 Å². The van der Waals surface area contributed by atoms with Crippen molar-refractivity contribution in [2.75, 3.05) is 20.7 Å². The molecule has 0 aromatic heterocycles. The van der Waals surface area contributed by atoms with Gasteiger partial charge in [-0.05, 0) is 30.7 Å². The molecule has 0 aromatic rings. The van der Waals surface area contributed by atoms with Crippen LogP contribution in [0.5, 0.6) is 0 Å². The first-order valence-corrected chi connectivity index (χ1v) is 5.04. The summed E-state index contributed by atoms with van der Waals surface area (Å²) in [5, 5.41) is 0. The second kappa shape index (κ2) is 5.30. The van der Waals surface area contributed by atoms with E-state index in [0.717, 1.165) is 5.57 Å². The molecule has 0 aromatic carbocycles. The fraction of sp³-hybridized carbons (Fsp3) is 0.333. The summed E-state index contributed by atoms with van der Waals surface area (Å²) in [7, 11) is 3.74. The molecule has 0 saturated heterocycles. The quantitative estimate of drug-likeness (QED) is 0.528. The SMILES string of the molecule is CCOC(=O)C1=C/C(=C\N(C)C)C=CC1=O. The largest absolute Gasteiger partial charge is 0.462 e. The van der Waals surface area contributed by atoms with Gasteiger partial charge in [0.15, 0.2) is 5.78 Å². The van der Waals surface area contributed by atoms with E-state index in [1.807, 2.05) is 25.2 Å². The van der Waals surface area contributed by atoms with Crippen molar-refractivity contribution in [1.82, 2.24) is 4.90 Å². The van der Waals surface area contributed by atoms with E-state index in [1.54, 1.807) is 19.1 Å². The van der Waals surface area contributed by atoms with Crippen molar-refractivity contribution in [2.45, 2.75) is 6.92 Å². The van der Waals surface area contributed by atoms with Crippen LogP contribution in [0, 0.1) is 0 Å². The van der Waals surface area contributed by atoms with E-state index < -0.39 is 5.97 Å². The molecule has 4 nitrogen and oxygen atoms in total. The maximum atomic E-state index is 11.5. The Morgan fingerprint density at radius 1 is 1.44 bits per heavy atom. The summed E-state index contributed by atoms with van der Waals surface area (Å²) in [5.41, 5.74) is 0.880. The Kier molecular flexibility index (Phi) is 4.05. The third-order valence-corrected chi connectivity index (χ3v) is 1.91. The van der Waals surface area contributed by atoms with E-state index >= 15 is 0 Å². The van der Waals surface area contributed by atoms with Gasteiger partial charge in [-0.1, -0.05) is 0 Å². The molecule has 1 aliphatic rings. The molecule has 0 N–H and O–H groups in total. The first-order valence-electron chi connectivity index (χ1n) is 5.04. The van der Waals surface area contributed by atoms with Crippen LogP contribution in [-0.4, -0.2) is 37.4 Å². The van der Waals surface area contributed by atoms with Crippen molar-refractivity contribution in [3.8, 4) is 0 Å². The van der Waals surface area contributed by atoms with E-state index in [4.69, 9.17) is 4.74 Å². The highest BCUT2D eigenvalue weighted by atomic mass is 16.5. The monoisotopic (exact) mass is 221 g/mol. The Morgan fingerprint density at radius 3 is 2.69 bits per heavy atom. The highest BCUT2D eigenvalue weighted by molar-refractivity contribution is 6.23. The molecule has 0 spiro atoms. The normalized spacial score (nSPS) is 17.3. The van der Waals surface area contributed by atoms with Crippen LogP contribution in [-0.2, 0) is 14.3 Å². The third kappa shape index (κ3) is 3.08. The first-order chi connectivity index (χ1) is 7.54. The molecule has 0 aliphatic heterocycles. The Hall–Kier alpha value is -1.84. The predicted octanol–water partition coefficient (Wildman–Crippen LogP) is 1.06. The van der Waals surface area contributed by atoms with Gasteiger partial charge >= 0.3 is 5.97 Å². The molecule has 86 valence electrons. The minimum atomic E-state index is -0.568. The van der Waals surface area contributed by atoms with Gasteiger partial charge in [-0.2, -0.15) is 0 Å². The molecule has 16 heavy (non-hydrogen) atoms. The summed E-state index contributed by atoms with van der Waals surface area (Å²) >= 11 is 0. The number of allylic oxidation sites excluding steroid dienone is 4. The second-order valence-electron chi connectivity index (χ2n) is 3.57. The van der Waals surface area contributed by atoms with Gasteiger partial charge in [-0.15, -0.1) is 0 Å². The average Bonchev–Trinajstić information content (AvgIpc) is 2.20. The van der Waals surface area contributed by atoms with Crippen molar-refractivity contribution in [2.24, 2.45) is 0 Å². The summed E-state index contributed by atoms with van der Waals surface area (Å²) in [6.07, 6.45) is 6.41. The van der Waals surface area contributed by atoms with E-state index in [2.05, 4.69) is 0 Å². The molecule has 0 unspecified atom stereocenters. The number of hydrogen-bond donors (Lipinski definition) is 0. The Morgan fingerprint density at radius 2 is 2.12 bits per heavy atom. The van der Waals surface area contributed by atoms with Gasteiger partial charge in [-0.3, -0.25) is 4.79 Å². The average molecular weight is 221 g/mol. The van der Waals surface area contributed by atoms with Gasteiger partial charge in [0.1, 0.15) is 5.57 Å². The molecule has 0 bridgehead atoms. The lowest BCUT2D eigenvalue weighted by Crippen LogP contribution is -2.17. The molecular formula is C12H15NO3. The number of esters is 1. The Labute approximate surface area is 94.9 Å². The maximum Gasteiger partial charge on any atom is 0.342 e. The topological polar surface area (TPSA) is 46.6 Å². The molecule has 0 radical (unpaired) electrons. The van der Waals surface area contributed by atoms with Crippen molar-refractivity contribution in [3.05, 3.63) is 35.6 Å². The van der Waals surface area contributed by atoms with Crippen LogP contribution in [0.15, 0.2) is 35.6 Å². The standard InChI is InChI=1S/C12H15NO3/c1-4-16-12(15)10-7-9(8-13(2)3)5-6-11(10)14/h5-8H,4H2,1-3H3/b9-8-. The molecular weight excluding hydrogens is 206 g/mol. The number of carbonyl (C=O) groups excluding carboxylic acids is 2. The molecule has 0 fully saturated rings. The molecule has 1 aliphatic carbocycles. The predicted molar refractivity (Wildman–Crippen MR) is 60.6 cm³/mol. The highest BCUT2D eigenvalue weighted by Crippen LogP contribution is 2.14. The van der Waals surface area contributed by atoms with Gasteiger partial charge < -0.3 is 9.64 Å². The van der Waals surface area contributed by atoms with E-state index in [1.165, 1.54) is 6.08 Å². The summed E-state index contributed by atoms with van der Waals surface area (Å²) in [4.78, 5) is 24.7. The second-order valence-corrected chi connectivity index (χ2v) is 3.57. The summed E-state index contributed by atoms with van der Waals surface area (Å²) in [5.74, 6) is -0.879. The Bertz CT molecular complexity index is 389. The molecule has 4 heteroatoms. The van der Waals surface area contributed by atoms with E-state index in [9.17, 15) is 9.59 Å².